The van der Waals surface area contributed by atoms with Crippen LogP contribution in [0.2, 0.25) is 0 Å². The predicted molar refractivity (Wildman–Crippen MR) is 130 cm³/mol. The van der Waals surface area contributed by atoms with Crippen molar-refractivity contribution >= 4 is 35.8 Å². The van der Waals surface area contributed by atoms with Gasteiger partial charge in [0.1, 0.15) is 5.75 Å². The molecule has 29 heavy (non-hydrogen) atoms. The molecule has 0 bridgehead atoms. The average Bonchev–Trinajstić information content (AvgIpc) is 3.19. The van der Waals surface area contributed by atoms with Gasteiger partial charge >= 0.3 is 0 Å². The Balaban J connectivity index is 0.00000420. The van der Waals surface area contributed by atoms with Crippen LogP contribution >= 0.6 is 24.0 Å². The van der Waals surface area contributed by atoms with Crippen LogP contribution in [-0.2, 0) is 11.3 Å². The Hall–Kier alpha value is -1.51. The van der Waals surface area contributed by atoms with E-state index in [4.69, 9.17) is 9.73 Å². The zero-order chi connectivity index (χ0) is 20.2. The van der Waals surface area contributed by atoms with Gasteiger partial charge < -0.3 is 20.7 Å². The van der Waals surface area contributed by atoms with E-state index in [1.165, 1.54) is 32.1 Å². The number of aliphatic imine (C=N–C) groups is 1. The van der Waals surface area contributed by atoms with E-state index in [1.54, 1.807) is 0 Å². The summed E-state index contributed by atoms with van der Waals surface area (Å²) in [5, 5.41) is 9.62. The molecule has 0 unspecified atom stereocenters. The van der Waals surface area contributed by atoms with Crippen LogP contribution < -0.4 is 20.7 Å². The summed E-state index contributed by atoms with van der Waals surface area (Å²) in [6, 6.07) is 7.76. The number of halogens is 1. The van der Waals surface area contributed by atoms with Crippen LogP contribution in [0, 0.1) is 5.41 Å². The second-order valence-corrected chi connectivity index (χ2v) is 7.50. The minimum absolute atomic E-state index is 0. The number of carbonyl (C=O) groups excluding carboxylic acids is 1. The molecule has 0 spiro atoms. The van der Waals surface area contributed by atoms with Crippen LogP contribution in [-0.4, -0.2) is 38.1 Å². The van der Waals surface area contributed by atoms with Gasteiger partial charge in [-0.3, -0.25) is 4.79 Å². The van der Waals surface area contributed by atoms with Crippen LogP contribution in [0.25, 0.3) is 0 Å². The summed E-state index contributed by atoms with van der Waals surface area (Å²) in [5.74, 6) is 1.44. The van der Waals surface area contributed by atoms with Crippen molar-refractivity contribution in [3.8, 4) is 5.75 Å². The molecule has 1 saturated carbocycles. The largest absolute Gasteiger partial charge is 0.484 e. The molecule has 0 saturated heterocycles. The lowest BCUT2D eigenvalue weighted by molar-refractivity contribution is -0.122. The van der Waals surface area contributed by atoms with Crippen molar-refractivity contribution in [3.05, 3.63) is 29.8 Å². The first-order chi connectivity index (χ1) is 13.6. The molecule has 0 radical (unpaired) electrons. The molecule has 0 heterocycles. The summed E-state index contributed by atoms with van der Waals surface area (Å²) in [4.78, 5) is 16.3. The number of nitrogens with zero attached hydrogens (tertiary/aromatic N) is 1. The molecule has 0 aromatic heterocycles. The minimum Gasteiger partial charge on any atom is -0.484 e. The third-order valence-electron chi connectivity index (χ3n) is 5.45. The lowest BCUT2D eigenvalue weighted by atomic mass is 9.83. The van der Waals surface area contributed by atoms with E-state index < -0.39 is 0 Å². The van der Waals surface area contributed by atoms with E-state index in [1.807, 2.05) is 31.2 Å². The van der Waals surface area contributed by atoms with Gasteiger partial charge in [-0.1, -0.05) is 31.9 Å². The van der Waals surface area contributed by atoms with E-state index in [-0.39, 0.29) is 36.5 Å². The topological polar surface area (TPSA) is 74.8 Å². The first kappa shape index (κ1) is 25.5. The molecule has 3 N–H and O–H groups in total. The summed E-state index contributed by atoms with van der Waals surface area (Å²) < 4.78 is 5.57. The standard InChI is InChI=1S/C22H36N4O2.HI/c1-4-22(12-7-8-13-22)17-26-21(24-6-3)25-15-18-10-9-11-19(14-18)28-16-20(27)23-5-2;/h9-11,14H,4-8,12-13,15-17H2,1-3H3,(H,23,27)(H2,24,25,26);1H. The van der Waals surface area contributed by atoms with E-state index >= 15 is 0 Å². The van der Waals surface area contributed by atoms with E-state index in [0.29, 0.717) is 24.3 Å². The van der Waals surface area contributed by atoms with E-state index in [2.05, 4.69) is 29.8 Å². The number of ether oxygens (including phenoxy) is 1. The number of benzene rings is 1. The second kappa shape index (κ2) is 13.7. The smallest absolute Gasteiger partial charge is 0.257 e. The Morgan fingerprint density at radius 1 is 1.10 bits per heavy atom. The molecule has 6 nitrogen and oxygen atoms in total. The number of hydrogen-bond donors (Lipinski definition) is 3. The molecule has 0 aliphatic heterocycles. The molecule has 1 amide bonds. The van der Waals surface area contributed by atoms with Gasteiger partial charge in [-0.25, -0.2) is 4.99 Å². The summed E-state index contributed by atoms with van der Waals surface area (Å²) in [6.07, 6.45) is 6.50. The Morgan fingerprint density at radius 3 is 2.48 bits per heavy atom. The number of likely N-dealkylation sites (N-methyl/N-ethyl adjacent to an activating group) is 1. The summed E-state index contributed by atoms with van der Waals surface area (Å²) in [7, 11) is 0. The Kier molecular flexibility index (Phi) is 12.0. The van der Waals surface area contributed by atoms with Crippen LogP contribution in [0.5, 0.6) is 5.75 Å². The van der Waals surface area contributed by atoms with E-state index in [0.717, 1.165) is 24.6 Å². The van der Waals surface area contributed by atoms with Crippen LogP contribution in [0.1, 0.15) is 58.4 Å². The Labute approximate surface area is 192 Å². The first-order valence-electron chi connectivity index (χ1n) is 10.6. The highest BCUT2D eigenvalue weighted by molar-refractivity contribution is 14.0. The van der Waals surface area contributed by atoms with Gasteiger partial charge in [0, 0.05) is 19.6 Å². The van der Waals surface area contributed by atoms with Crippen molar-refractivity contribution in [2.75, 3.05) is 26.2 Å². The lowest BCUT2D eigenvalue weighted by Crippen LogP contribution is -2.42. The van der Waals surface area contributed by atoms with Crippen molar-refractivity contribution in [3.63, 3.8) is 0 Å². The normalized spacial score (nSPS) is 15.3. The second-order valence-electron chi connectivity index (χ2n) is 7.50. The summed E-state index contributed by atoms with van der Waals surface area (Å²) >= 11 is 0. The molecule has 1 aromatic carbocycles. The highest BCUT2D eigenvalue weighted by Gasteiger charge is 2.31. The van der Waals surface area contributed by atoms with E-state index in [9.17, 15) is 4.79 Å². The van der Waals surface area contributed by atoms with Crippen LogP contribution in [0.3, 0.4) is 0 Å². The molecule has 7 heteroatoms. The van der Waals surface area contributed by atoms with Gasteiger partial charge in [0.2, 0.25) is 0 Å². The zero-order valence-electron chi connectivity index (χ0n) is 18.1. The maximum absolute atomic E-state index is 11.5. The quantitative estimate of drug-likeness (QED) is 0.251. The van der Waals surface area contributed by atoms with Gasteiger partial charge in [-0.15, -0.1) is 24.0 Å². The fourth-order valence-electron chi connectivity index (χ4n) is 3.69. The molecular formula is C22H37IN4O2. The van der Waals surface area contributed by atoms with Crippen molar-refractivity contribution < 1.29 is 9.53 Å². The van der Waals surface area contributed by atoms with Gasteiger partial charge in [-0.2, -0.15) is 0 Å². The van der Waals surface area contributed by atoms with Gasteiger partial charge in [0.25, 0.3) is 5.91 Å². The zero-order valence-corrected chi connectivity index (χ0v) is 20.4. The molecule has 2 rings (SSSR count). The Morgan fingerprint density at radius 2 is 1.83 bits per heavy atom. The fourth-order valence-corrected chi connectivity index (χ4v) is 3.69. The molecule has 1 aliphatic carbocycles. The van der Waals surface area contributed by atoms with Crippen molar-refractivity contribution in [1.82, 2.24) is 16.0 Å². The minimum atomic E-state index is -0.110. The van der Waals surface area contributed by atoms with Gasteiger partial charge in [0.05, 0.1) is 6.54 Å². The number of rotatable bonds is 10. The number of amides is 1. The number of hydrogen-bond acceptors (Lipinski definition) is 3. The van der Waals surface area contributed by atoms with Crippen molar-refractivity contribution in [1.29, 1.82) is 0 Å². The highest BCUT2D eigenvalue weighted by Crippen LogP contribution is 2.40. The molecule has 164 valence electrons. The number of nitrogens with one attached hydrogen (secondary N) is 3. The van der Waals surface area contributed by atoms with Crippen LogP contribution in [0.4, 0.5) is 0 Å². The monoisotopic (exact) mass is 516 g/mol. The molecule has 0 atom stereocenters. The summed E-state index contributed by atoms with van der Waals surface area (Å²) in [5.41, 5.74) is 1.47. The fraction of sp³-hybridized carbons (Fsp3) is 0.636. The van der Waals surface area contributed by atoms with Gasteiger partial charge in [-0.05, 0) is 56.2 Å². The molecule has 1 aliphatic rings. The summed E-state index contributed by atoms with van der Waals surface area (Å²) in [6.45, 7) is 9.28. The van der Waals surface area contributed by atoms with Crippen molar-refractivity contribution in [2.24, 2.45) is 10.4 Å². The average molecular weight is 516 g/mol. The first-order valence-corrected chi connectivity index (χ1v) is 10.6. The Bertz CT molecular complexity index is 645. The third-order valence-corrected chi connectivity index (χ3v) is 5.45. The van der Waals surface area contributed by atoms with Gasteiger partial charge in [0.15, 0.2) is 12.6 Å². The molecule has 1 fully saturated rings. The third kappa shape index (κ3) is 8.80. The van der Waals surface area contributed by atoms with Crippen molar-refractivity contribution in [2.45, 2.75) is 59.4 Å². The maximum atomic E-state index is 11.5. The number of carbonyl (C=O) groups is 1. The lowest BCUT2D eigenvalue weighted by Gasteiger charge is -2.28. The maximum Gasteiger partial charge on any atom is 0.257 e. The molecular weight excluding hydrogens is 479 g/mol. The number of guanidine groups is 1. The molecule has 1 aromatic rings. The highest BCUT2D eigenvalue weighted by atomic mass is 127. The predicted octanol–water partition coefficient (Wildman–Crippen LogP) is 3.85. The van der Waals surface area contributed by atoms with Crippen LogP contribution in [0.15, 0.2) is 29.3 Å². The SMILES string of the molecule is CCNC(=O)COc1cccc(CN=C(NCC)NCC2(CC)CCCC2)c1.I.